The number of benzene rings is 2. The number of tetrazole rings is 1. The van der Waals surface area contributed by atoms with E-state index in [1.165, 1.54) is 5.69 Å². The molecule has 1 aliphatic heterocycles. The van der Waals surface area contributed by atoms with Crippen LogP contribution in [0, 0.1) is 0 Å². The second-order valence-electron chi connectivity index (χ2n) is 10.6. The van der Waals surface area contributed by atoms with Gasteiger partial charge in [-0.15, -0.1) is 10.2 Å². The van der Waals surface area contributed by atoms with Crippen LogP contribution in [0.3, 0.4) is 0 Å². The number of aromatic nitrogens is 5. The van der Waals surface area contributed by atoms with Crippen LogP contribution in [0.2, 0.25) is 0 Å². The monoisotopic (exact) mass is 487 g/mol. The minimum absolute atomic E-state index is 0.0921. The predicted octanol–water partition coefficient (Wildman–Crippen LogP) is 5.62. The lowest BCUT2D eigenvalue weighted by molar-refractivity contribution is 0.217. The highest BCUT2D eigenvalue weighted by Crippen LogP contribution is 2.47. The molecular formula is C28H34FN7. The van der Waals surface area contributed by atoms with Gasteiger partial charge in [-0.3, -0.25) is 0 Å². The van der Waals surface area contributed by atoms with Crippen molar-refractivity contribution in [1.82, 2.24) is 30.1 Å². The van der Waals surface area contributed by atoms with Crippen molar-refractivity contribution in [3.05, 3.63) is 48.0 Å². The quantitative estimate of drug-likeness (QED) is 0.382. The SMILES string of the molecule is CN(C)CCC1CCn2c(c(C3CCCC[C@@H]3F)c3ccc(-c4nn[nH]n4)cc32)-c2ccccc2N1. The minimum atomic E-state index is -0.815. The zero-order valence-corrected chi connectivity index (χ0v) is 21.0. The smallest absolute Gasteiger partial charge is 0.204 e. The van der Waals surface area contributed by atoms with Gasteiger partial charge < -0.3 is 14.8 Å². The van der Waals surface area contributed by atoms with Crippen molar-refractivity contribution in [3.8, 4) is 22.6 Å². The summed E-state index contributed by atoms with van der Waals surface area (Å²) in [6, 6.07) is 15.3. The maximum Gasteiger partial charge on any atom is 0.204 e. The first kappa shape index (κ1) is 23.2. The Kier molecular flexibility index (Phi) is 6.21. The second kappa shape index (κ2) is 9.65. The summed E-state index contributed by atoms with van der Waals surface area (Å²) in [5, 5.41) is 19.7. The highest BCUT2D eigenvalue weighted by molar-refractivity contribution is 5.97. The Balaban J connectivity index is 1.57. The van der Waals surface area contributed by atoms with Crippen molar-refractivity contribution in [1.29, 1.82) is 0 Å². The van der Waals surface area contributed by atoms with Crippen molar-refractivity contribution >= 4 is 16.6 Å². The van der Waals surface area contributed by atoms with Crippen molar-refractivity contribution in [2.45, 2.75) is 63.2 Å². The van der Waals surface area contributed by atoms with Gasteiger partial charge in [-0.25, -0.2) is 4.39 Å². The zero-order chi connectivity index (χ0) is 24.6. The van der Waals surface area contributed by atoms with Gasteiger partial charge in [0.1, 0.15) is 6.17 Å². The van der Waals surface area contributed by atoms with E-state index in [1.54, 1.807) is 0 Å². The van der Waals surface area contributed by atoms with E-state index < -0.39 is 6.17 Å². The number of fused-ring (bicyclic) bond motifs is 5. The average molecular weight is 488 g/mol. The number of H-pyrrole nitrogens is 1. The Morgan fingerprint density at radius 3 is 2.75 bits per heavy atom. The van der Waals surface area contributed by atoms with Gasteiger partial charge in [0.2, 0.25) is 5.82 Å². The van der Waals surface area contributed by atoms with E-state index in [0.29, 0.717) is 18.3 Å². The van der Waals surface area contributed by atoms with E-state index in [1.807, 2.05) is 6.07 Å². The second-order valence-corrected chi connectivity index (χ2v) is 10.6. The Bertz CT molecular complexity index is 1340. The third-order valence-electron chi connectivity index (χ3n) is 7.93. The number of rotatable bonds is 5. The molecule has 4 aromatic rings. The van der Waals surface area contributed by atoms with Gasteiger partial charge >= 0.3 is 0 Å². The summed E-state index contributed by atoms with van der Waals surface area (Å²) in [6.45, 7) is 1.89. The Hall–Kier alpha value is -3.26. The molecule has 7 nitrogen and oxygen atoms in total. The maximum absolute atomic E-state index is 15.5. The van der Waals surface area contributed by atoms with E-state index in [9.17, 15) is 0 Å². The molecule has 0 amide bonds. The van der Waals surface area contributed by atoms with Gasteiger partial charge in [0.25, 0.3) is 0 Å². The summed E-state index contributed by atoms with van der Waals surface area (Å²) in [4.78, 5) is 2.24. The fourth-order valence-corrected chi connectivity index (χ4v) is 6.13. The number of nitrogens with zero attached hydrogens (tertiary/aromatic N) is 5. The molecule has 8 heteroatoms. The molecule has 1 saturated carbocycles. The number of anilines is 1. The first-order valence-corrected chi connectivity index (χ1v) is 13.1. The molecular weight excluding hydrogens is 453 g/mol. The standard InChI is InChI=1S/C28H34FN7/c1-35(2)15-13-19-14-16-36-25-17-18(28-31-33-34-32-28)11-12-22(25)26(20-7-3-5-9-23(20)29)27(36)21-8-4-6-10-24(21)30-19/h4,6,8,10-12,17,19-20,23,30H,3,5,7,9,13-16H2,1-2H3,(H,31,32,33,34)/t19?,20?,23-/m0/s1. The number of halogens is 1. The number of para-hydroxylation sites is 1. The van der Waals surface area contributed by atoms with Gasteiger partial charge in [-0.2, -0.15) is 5.21 Å². The lowest BCUT2D eigenvalue weighted by atomic mass is 9.80. The average Bonchev–Trinajstić information content (AvgIpc) is 3.51. The molecule has 2 N–H and O–H groups in total. The summed E-state index contributed by atoms with van der Waals surface area (Å²) in [5.41, 5.74) is 6.68. The van der Waals surface area contributed by atoms with Gasteiger partial charge in [0.05, 0.1) is 5.69 Å². The molecule has 0 bridgehead atoms. The first-order chi connectivity index (χ1) is 17.6. The van der Waals surface area contributed by atoms with E-state index in [4.69, 9.17) is 0 Å². The number of aromatic amines is 1. The highest BCUT2D eigenvalue weighted by Gasteiger charge is 2.34. The number of nitrogens with one attached hydrogen (secondary N) is 2. The fraction of sp³-hybridized carbons (Fsp3) is 0.464. The van der Waals surface area contributed by atoms with Crippen LogP contribution in [0.5, 0.6) is 0 Å². The van der Waals surface area contributed by atoms with Gasteiger partial charge in [-0.1, -0.05) is 43.2 Å². The lowest BCUT2D eigenvalue weighted by Crippen LogP contribution is -2.28. The fourth-order valence-electron chi connectivity index (χ4n) is 6.13. The summed E-state index contributed by atoms with van der Waals surface area (Å²) >= 11 is 0. The molecule has 3 atom stereocenters. The number of alkyl halides is 1. The molecule has 3 heterocycles. The van der Waals surface area contributed by atoms with Crippen LogP contribution in [0.25, 0.3) is 33.5 Å². The molecule has 2 aromatic heterocycles. The minimum Gasteiger partial charge on any atom is -0.382 e. The summed E-state index contributed by atoms with van der Waals surface area (Å²) in [7, 11) is 4.25. The van der Waals surface area contributed by atoms with Crippen LogP contribution < -0.4 is 5.32 Å². The molecule has 6 rings (SSSR count). The van der Waals surface area contributed by atoms with Crippen LogP contribution >= 0.6 is 0 Å². The molecule has 188 valence electrons. The molecule has 2 unspecified atom stereocenters. The Labute approximate surface area is 211 Å². The van der Waals surface area contributed by atoms with E-state index in [-0.39, 0.29) is 5.92 Å². The third-order valence-corrected chi connectivity index (χ3v) is 7.93. The molecule has 0 saturated heterocycles. The molecule has 0 spiro atoms. The highest BCUT2D eigenvalue weighted by atomic mass is 19.1. The molecule has 2 aliphatic rings. The van der Waals surface area contributed by atoms with Crippen molar-refractivity contribution in [3.63, 3.8) is 0 Å². The number of hydrogen-bond acceptors (Lipinski definition) is 5. The van der Waals surface area contributed by atoms with Crippen LogP contribution in [-0.4, -0.2) is 62.9 Å². The molecule has 0 radical (unpaired) electrons. The lowest BCUT2D eigenvalue weighted by Gasteiger charge is -2.30. The van der Waals surface area contributed by atoms with Crippen molar-refractivity contribution < 1.29 is 4.39 Å². The van der Waals surface area contributed by atoms with Gasteiger partial charge in [0.15, 0.2) is 0 Å². The van der Waals surface area contributed by atoms with Crippen LogP contribution in [0.15, 0.2) is 42.5 Å². The summed E-state index contributed by atoms with van der Waals surface area (Å²) in [6.07, 6.45) is 4.82. The summed E-state index contributed by atoms with van der Waals surface area (Å²) in [5.74, 6) is 0.484. The topological polar surface area (TPSA) is 74.7 Å². The Morgan fingerprint density at radius 1 is 1.08 bits per heavy atom. The normalized spacial score (nSPS) is 22.1. The number of aryl methyl sites for hydroxylation is 1. The number of hydrogen-bond donors (Lipinski definition) is 2. The maximum atomic E-state index is 15.5. The van der Waals surface area contributed by atoms with Crippen LogP contribution in [0.1, 0.15) is 50.0 Å². The third kappa shape index (κ3) is 4.17. The van der Waals surface area contributed by atoms with E-state index >= 15 is 4.39 Å². The molecule has 36 heavy (non-hydrogen) atoms. The molecule has 2 aromatic carbocycles. The van der Waals surface area contributed by atoms with E-state index in [2.05, 4.69) is 85.9 Å². The van der Waals surface area contributed by atoms with Crippen molar-refractivity contribution in [2.75, 3.05) is 26.0 Å². The van der Waals surface area contributed by atoms with Crippen molar-refractivity contribution in [2.24, 2.45) is 0 Å². The van der Waals surface area contributed by atoms with Gasteiger partial charge in [0, 0.05) is 46.2 Å². The first-order valence-electron chi connectivity index (χ1n) is 13.1. The largest absolute Gasteiger partial charge is 0.382 e. The van der Waals surface area contributed by atoms with Crippen LogP contribution in [0.4, 0.5) is 10.1 Å². The molecule has 1 aliphatic carbocycles. The zero-order valence-electron chi connectivity index (χ0n) is 21.0. The summed E-state index contributed by atoms with van der Waals surface area (Å²) < 4.78 is 18.0. The Morgan fingerprint density at radius 2 is 1.94 bits per heavy atom. The molecule has 1 fully saturated rings. The van der Waals surface area contributed by atoms with E-state index in [0.717, 1.165) is 78.5 Å². The predicted molar refractivity (Wildman–Crippen MR) is 142 cm³/mol. The van der Waals surface area contributed by atoms with Crippen LogP contribution in [-0.2, 0) is 6.54 Å². The van der Waals surface area contributed by atoms with Gasteiger partial charge in [-0.05, 0) is 69.2 Å².